The zero-order valence-electron chi connectivity index (χ0n) is 7.87. The third-order valence-corrected chi connectivity index (χ3v) is 1.96. The zero-order valence-corrected chi connectivity index (χ0v) is 7.87. The number of hydrogen-bond donors (Lipinski definition) is 2. The van der Waals surface area contributed by atoms with Gasteiger partial charge in [-0.25, -0.2) is 8.78 Å². The van der Waals surface area contributed by atoms with Gasteiger partial charge in [0.1, 0.15) is 17.3 Å². The number of halogens is 2. The van der Waals surface area contributed by atoms with Crippen molar-refractivity contribution in [1.82, 2.24) is 15.4 Å². The van der Waals surface area contributed by atoms with E-state index in [4.69, 9.17) is 5.73 Å². The van der Waals surface area contributed by atoms with E-state index in [1.54, 1.807) is 0 Å². The van der Waals surface area contributed by atoms with Gasteiger partial charge in [-0.05, 0) is 18.2 Å². The molecule has 0 spiro atoms. The molecule has 0 saturated carbocycles. The number of H-pyrrole nitrogens is 1. The Morgan fingerprint density at radius 1 is 1.31 bits per heavy atom. The summed E-state index contributed by atoms with van der Waals surface area (Å²) in [6, 6.07) is 2.81. The second kappa shape index (κ2) is 3.69. The molecule has 1 aromatic heterocycles. The van der Waals surface area contributed by atoms with Crippen LogP contribution in [0.5, 0.6) is 0 Å². The molecule has 7 heteroatoms. The second-order valence-corrected chi connectivity index (χ2v) is 3.01. The third-order valence-electron chi connectivity index (χ3n) is 1.96. The Morgan fingerprint density at radius 3 is 2.75 bits per heavy atom. The number of carbonyl (C=O) groups excluding carboxylic acids is 1. The van der Waals surface area contributed by atoms with Gasteiger partial charge in [0.05, 0.1) is 0 Å². The number of nitrogens with zero attached hydrogens (tertiary/aromatic N) is 2. The average Bonchev–Trinajstić information content (AvgIpc) is 2.70. The number of carbonyl (C=O) groups is 1. The molecule has 2 aromatic rings. The van der Waals surface area contributed by atoms with Crippen molar-refractivity contribution in [2.45, 2.75) is 0 Å². The van der Waals surface area contributed by atoms with Crippen LogP contribution in [0.2, 0.25) is 0 Å². The molecule has 1 aromatic carbocycles. The minimum atomic E-state index is -0.868. The lowest BCUT2D eigenvalue weighted by molar-refractivity contribution is 0.0996. The summed E-state index contributed by atoms with van der Waals surface area (Å²) in [5.41, 5.74) is 4.50. The Labute approximate surface area is 88.3 Å². The molecule has 0 saturated heterocycles. The number of nitrogens with two attached hydrogens (primary N) is 1. The summed E-state index contributed by atoms with van der Waals surface area (Å²) < 4.78 is 26.3. The second-order valence-electron chi connectivity index (χ2n) is 3.01. The van der Waals surface area contributed by atoms with Gasteiger partial charge in [0.2, 0.25) is 0 Å². The molecule has 1 amide bonds. The first kappa shape index (κ1) is 10.2. The lowest BCUT2D eigenvalue weighted by atomic mass is 10.1. The Balaban J connectivity index is 2.62. The third kappa shape index (κ3) is 1.62. The molecule has 0 bridgehead atoms. The summed E-state index contributed by atoms with van der Waals surface area (Å²) in [5.74, 6) is -2.22. The highest BCUT2D eigenvalue weighted by molar-refractivity contribution is 5.96. The topological polar surface area (TPSA) is 84.7 Å². The quantitative estimate of drug-likeness (QED) is 0.792. The Bertz CT molecular complexity index is 552. The van der Waals surface area contributed by atoms with E-state index in [2.05, 4.69) is 15.4 Å². The van der Waals surface area contributed by atoms with Crippen molar-refractivity contribution in [3.05, 3.63) is 35.5 Å². The Morgan fingerprint density at radius 2 is 2.06 bits per heavy atom. The number of amides is 1. The van der Waals surface area contributed by atoms with Gasteiger partial charge < -0.3 is 5.73 Å². The fraction of sp³-hybridized carbons (Fsp3) is 0. The van der Waals surface area contributed by atoms with Crippen LogP contribution in [0.15, 0.2) is 18.2 Å². The molecule has 1 heterocycles. The highest BCUT2D eigenvalue weighted by Gasteiger charge is 2.18. The molecule has 5 nitrogen and oxygen atoms in total. The molecule has 3 N–H and O–H groups in total. The first-order valence-corrected chi connectivity index (χ1v) is 4.25. The smallest absolute Gasteiger partial charge is 0.271 e. The summed E-state index contributed by atoms with van der Waals surface area (Å²) in [5, 5.41) is 9.16. The fourth-order valence-corrected chi connectivity index (χ4v) is 1.27. The maximum absolute atomic E-state index is 13.4. The number of rotatable bonds is 2. The first-order chi connectivity index (χ1) is 7.59. The molecule has 0 aliphatic carbocycles. The standard InChI is InChI=1S/C9H6F2N4O/c10-4-1-2-6(11)5(3-4)7-8(9(12)16)14-15-13-7/h1-3H,(H2,12,16)(H,13,14,15). The molecule has 0 aliphatic heterocycles. The molecular weight excluding hydrogens is 218 g/mol. The van der Waals surface area contributed by atoms with Gasteiger partial charge in [0.15, 0.2) is 5.69 Å². The van der Waals surface area contributed by atoms with Gasteiger partial charge in [0.25, 0.3) is 5.91 Å². The van der Waals surface area contributed by atoms with Crippen molar-refractivity contribution in [3.63, 3.8) is 0 Å². The van der Waals surface area contributed by atoms with Gasteiger partial charge in [-0.15, -0.1) is 0 Å². The van der Waals surface area contributed by atoms with Crippen LogP contribution < -0.4 is 5.73 Å². The normalized spacial score (nSPS) is 10.4. The van der Waals surface area contributed by atoms with Gasteiger partial charge in [-0.1, -0.05) is 0 Å². The van der Waals surface area contributed by atoms with E-state index in [0.29, 0.717) is 0 Å². The predicted molar refractivity (Wildman–Crippen MR) is 50.3 cm³/mol. The van der Waals surface area contributed by atoms with Crippen molar-refractivity contribution in [2.75, 3.05) is 0 Å². The van der Waals surface area contributed by atoms with E-state index in [1.807, 2.05) is 0 Å². The van der Waals surface area contributed by atoms with Crippen LogP contribution >= 0.6 is 0 Å². The van der Waals surface area contributed by atoms with Crippen molar-refractivity contribution < 1.29 is 13.6 Å². The van der Waals surface area contributed by atoms with Crippen LogP contribution in [-0.4, -0.2) is 21.3 Å². The number of aromatic amines is 1. The van der Waals surface area contributed by atoms with E-state index in [-0.39, 0.29) is 17.0 Å². The van der Waals surface area contributed by atoms with Crippen LogP contribution in [0.25, 0.3) is 11.3 Å². The Kier molecular flexibility index (Phi) is 2.35. The first-order valence-electron chi connectivity index (χ1n) is 4.25. The molecule has 0 radical (unpaired) electrons. The molecule has 0 unspecified atom stereocenters. The van der Waals surface area contributed by atoms with Crippen molar-refractivity contribution in [1.29, 1.82) is 0 Å². The van der Waals surface area contributed by atoms with Crippen molar-refractivity contribution in [3.8, 4) is 11.3 Å². The number of aromatic nitrogens is 3. The maximum atomic E-state index is 13.4. The van der Waals surface area contributed by atoms with Gasteiger partial charge in [-0.3, -0.25) is 4.79 Å². The number of primary amides is 1. The van der Waals surface area contributed by atoms with Crippen LogP contribution in [0.3, 0.4) is 0 Å². The number of hydrogen-bond acceptors (Lipinski definition) is 3. The molecule has 16 heavy (non-hydrogen) atoms. The summed E-state index contributed by atoms with van der Waals surface area (Å²) in [4.78, 5) is 10.9. The molecule has 0 fully saturated rings. The lowest BCUT2D eigenvalue weighted by Crippen LogP contribution is -2.13. The van der Waals surface area contributed by atoms with Crippen LogP contribution in [0, 0.1) is 11.6 Å². The van der Waals surface area contributed by atoms with Crippen LogP contribution in [0.1, 0.15) is 10.5 Å². The maximum Gasteiger partial charge on any atom is 0.271 e. The Hall–Kier alpha value is -2.31. The van der Waals surface area contributed by atoms with E-state index in [0.717, 1.165) is 18.2 Å². The summed E-state index contributed by atoms with van der Waals surface area (Å²) in [6.07, 6.45) is 0. The molecule has 0 aliphatic rings. The number of benzene rings is 1. The van der Waals surface area contributed by atoms with E-state index < -0.39 is 17.5 Å². The SMILES string of the molecule is NC(=O)c1n[nH]nc1-c1cc(F)ccc1F. The van der Waals surface area contributed by atoms with E-state index >= 15 is 0 Å². The minimum Gasteiger partial charge on any atom is -0.364 e. The lowest BCUT2D eigenvalue weighted by Gasteiger charge is -2.00. The largest absolute Gasteiger partial charge is 0.364 e. The average molecular weight is 224 g/mol. The van der Waals surface area contributed by atoms with Gasteiger partial charge in [-0.2, -0.15) is 15.4 Å². The van der Waals surface area contributed by atoms with Gasteiger partial charge >= 0.3 is 0 Å². The van der Waals surface area contributed by atoms with Crippen molar-refractivity contribution >= 4 is 5.91 Å². The van der Waals surface area contributed by atoms with E-state index in [9.17, 15) is 13.6 Å². The summed E-state index contributed by atoms with van der Waals surface area (Å²) >= 11 is 0. The summed E-state index contributed by atoms with van der Waals surface area (Å²) in [6.45, 7) is 0. The molecule has 0 atom stereocenters. The van der Waals surface area contributed by atoms with Gasteiger partial charge in [0, 0.05) is 5.56 Å². The van der Waals surface area contributed by atoms with Crippen LogP contribution in [0.4, 0.5) is 8.78 Å². The minimum absolute atomic E-state index is 0.107. The zero-order chi connectivity index (χ0) is 11.7. The summed E-state index contributed by atoms with van der Waals surface area (Å²) in [7, 11) is 0. The fourth-order valence-electron chi connectivity index (χ4n) is 1.27. The molecule has 2 rings (SSSR count). The van der Waals surface area contributed by atoms with E-state index in [1.165, 1.54) is 0 Å². The van der Waals surface area contributed by atoms with Crippen LogP contribution in [-0.2, 0) is 0 Å². The predicted octanol–water partition coefficient (Wildman–Crippen LogP) is 0.849. The monoisotopic (exact) mass is 224 g/mol. The van der Waals surface area contributed by atoms with Crippen molar-refractivity contribution in [2.24, 2.45) is 5.73 Å². The highest BCUT2D eigenvalue weighted by atomic mass is 19.1. The molecular formula is C9H6F2N4O. The highest BCUT2D eigenvalue weighted by Crippen LogP contribution is 2.23. The molecule has 82 valence electrons. The number of nitrogens with one attached hydrogen (secondary N) is 1.